The highest BCUT2D eigenvalue weighted by Gasteiger charge is 2.47. The van der Waals surface area contributed by atoms with Gasteiger partial charge in [0.25, 0.3) is 0 Å². The normalized spacial score (nSPS) is 31.5. The molecule has 0 atom stereocenters. The molecule has 0 unspecified atom stereocenters. The van der Waals surface area contributed by atoms with Gasteiger partial charge in [-0.25, -0.2) is 13.4 Å². The van der Waals surface area contributed by atoms with Crippen LogP contribution in [0, 0.1) is 23.2 Å². The number of anilines is 1. The van der Waals surface area contributed by atoms with E-state index in [9.17, 15) is 13.2 Å². The van der Waals surface area contributed by atoms with Crippen LogP contribution >= 0.6 is 0 Å². The van der Waals surface area contributed by atoms with Crippen LogP contribution in [-0.2, 0) is 14.6 Å². The fourth-order valence-corrected chi connectivity index (χ4v) is 6.53. The number of sulfone groups is 1. The first-order valence-corrected chi connectivity index (χ1v) is 13.8. The van der Waals surface area contributed by atoms with Gasteiger partial charge >= 0.3 is 0 Å². The second kappa shape index (κ2) is 8.72. The van der Waals surface area contributed by atoms with Crippen molar-refractivity contribution in [2.24, 2.45) is 23.2 Å². The summed E-state index contributed by atoms with van der Waals surface area (Å²) in [7, 11) is -3.22. The molecular formula is C24H37N3O3S. The Balaban J connectivity index is 1.28. The standard InChI is InChI=1S/C24H37N3O3S/c1-17(2)18-5-7-19(8-6-18)23(28)26-20-13-24(14-20)11-4-12-27(16-24)22-10-9-21(15-25-22)31(3,29)30/h9-10,15,17-20H,4-8,11-14,16H2,1-3H3,(H,26,28). The van der Waals surface area contributed by atoms with Crippen LogP contribution in [0.4, 0.5) is 5.82 Å². The summed E-state index contributed by atoms with van der Waals surface area (Å²) >= 11 is 0. The van der Waals surface area contributed by atoms with Crippen LogP contribution in [0.5, 0.6) is 0 Å². The highest BCUT2D eigenvalue weighted by Crippen LogP contribution is 2.48. The molecule has 3 aliphatic rings. The Hall–Kier alpha value is -1.63. The molecule has 1 aromatic rings. The molecule has 6 nitrogen and oxygen atoms in total. The number of pyridine rings is 1. The predicted octanol–water partition coefficient (Wildman–Crippen LogP) is 3.81. The average Bonchev–Trinajstić information content (AvgIpc) is 2.72. The topological polar surface area (TPSA) is 79.4 Å². The number of piperidine rings is 1. The summed E-state index contributed by atoms with van der Waals surface area (Å²) in [6.45, 7) is 6.47. The molecule has 1 spiro atoms. The Bertz CT molecular complexity index is 883. The highest BCUT2D eigenvalue weighted by molar-refractivity contribution is 7.90. The molecule has 3 fully saturated rings. The molecule has 172 valence electrons. The van der Waals surface area contributed by atoms with Crippen LogP contribution in [0.1, 0.15) is 65.2 Å². The highest BCUT2D eigenvalue weighted by atomic mass is 32.2. The lowest BCUT2D eigenvalue weighted by Crippen LogP contribution is -2.58. The van der Waals surface area contributed by atoms with Gasteiger partial charge in [-0.05, 0) is 80.8 Å². The zero-order valence-electron chi connectivity index (χ0n) is 19.1. The van der Waals surface area contributed by atoms with E-state index < -0.39 is 9.84 Å². The molecule has 1 aliphatic heterocycles. The number of nitrogens with zero attached hydrogens (tertiary/aromatic N) is 2. The van der Waals surface area contributed by atoms with Crippen LogP contribution in [0.3, 0.4) is 0 Å². The summed E-state index contributed by atoms with van der Waals surface area (Å²) in [6, 6.07) is 3.77. The number of amides is 1. The number of aromatic nitrogens is 1. The van der Waals surface area contributed by atoms with E-state index in [1.54, 1.807) is 6.07 Å². The number of carbonyl (C=O) groups is 1. The fraction of sp³-hybridized carbons (Fsp3) is 0.750. The summed E-state index contributed by atoms with van der Waals surface area (Å²) in [4.78, 5) is 19.7. The summed E-state index contributed by atoms with van der Waals surface area (Å²) in [6.07, 6.45) is 11.5. The second-order valence-electron chi connectivity index (χ2n) is 10.6. The molecule has 0 aromatic carbocycles. The van der Waals surface area contributed by atoms with E-state index in [2.05, 4.69) is 29.0 Å². The molecule has 2 heterocycles. The quantitative estimate of drug-likeness (QED) is 0.742. The average molecular weight is 448 g/mol. The minimum Gasteiger partial charge on any atom is -0.356 e. The number of nitrogens with one attached hydrogen (secondary N) is 1. The molecule has 1 N–H and O–H groups in total. The van der Waals surface area contributed by atoms with Crippen molar-refractivity contribution < 1.29 is 13.2 Å². The molecule has 0 bridgehead atoms. The molecule has 0 radical (unpaired) electrons. The van der Waals surface area contributed by atoms with Crippen LogP contribution in [0.25, 0.3) is 0 Å². The van der Waals surface area contributed by atoms with Gasteiger partial charge in [0, 0.05) is 37.5 Å². The van der Waals surface area contributed by atoms with Crippen molar-refractivity contribution in [3.8, 4) is 0 Å². The fourth-order valence-electron chi connectivity index (χ4n) is 5.97. The molecular weight excluding hydrogens is 410 g/mol. The lowest BCUT2D eigenvalue weighted by atomic mass is 9.61. The third-order valence-electron chi connectivity index (χ3n) is 7.92. The maximum Gasteiger partial charge on any atom is 0.223 e. The monoisotopic (exact) mass is 447 g/mol. The van der Waals surface area contributed by atoms with E-state index in [0.29, 0.717) is 6.04 Å². The van der Waals surface area contributed by atoms with Gasteiger partial charge in [0.1, 0.15) is 5.82 Å². The van der Waals surface area contributed by atoms with E-state index in [-0.39, 0.29) is 22.1 Å². The molecule has 7 heteroatoms. The number of carbonyl (C=O) groups excluding carboxylic acids is 1. The van der Waals surface area contributed by atoms with Gasteiger partial charge in [-0.3, -0.25) is 4.79 Å². The molecule has 2 aliphatic carbocycles. The Labute approximate surface area is 187 Å². The van der Waals surface area contributed by atoms with Crippen molar-refractivity contribution in [2.45, 2.75) is 76.2 Å². The molecule has 1 aromatic heterocycles. The van der Waals surface area contributed by atoms with Crippen LogP contribution in [-0.4, -0.2) is 44.7 Å². The predicted molar refractivity (Wildman–Crippen MR) is 123 cm³/mol. The van der Waals surface area contributed by atoms with Gasteiger partial charge in [0.15, 0.2) is 9.84 Å². The van der Waals surface area contributed by atoms with Gasteiger partial charge in [0.05, 0.1) is 4.90 Å². The summed E-state index contributed by atoms with van der Waals surface area (Å²) < 4.78 is 23.4. The molecule has 1 amide bonds. The number of hydrogen-bond acceptors (Lipinski definition) is 5. The van der Waals surface area contributed by atoms with Crippen LogP contribution in [0.2, 0.25) is 0 Å². The number of rotatable bonds is 5. The minimum atomic E-state index is -3.22. The Morgan fingerprint density at radius 3 is 2.48 bits per heavy atom. The van der Waals surface area contributed by atoms with E-state index in [1.165, 1.54) is 31.7 Å². The molecule has 31 heavy (non-hydrogen) atoms. The maximum atomic E-state index is 12.8. The van der Waals surface area contributed by atoms with Crippen molar-refractivity contribution in [3.05, 3.63) is 18.3 Å². The molecule has 2 saturated carbocycles. The largest absolute Gasteiger partial charge is 0.356 e. The zero-order valence-corrected chi connectivity index (χ0v) is 20.0. The van der Waals surface area contributed by atoms with Gasteiger partial charge in [-0.1, -0.05) is 13.8 Å². The second-order valence-corrected chi connectivity index (χ2v) is 12.6. The molecule has 4 rings (SSSR count). The van der Waals surface area contributed by atoms with E-state index in [1.807, 2.05) is 6.07 Å². The van der Waals surface area contributed by atoms with Gasteiger partial charge in [-0.15, -0.1) is 0 Å². The minimum absolute atomic E-state index is 0.201. The Morgan fingerprint density at radius 2 is 1.90 bits per heavy atom. The van der Waals surface area contributed by atoms with Gasteiger partial charge < -0.3 is 10.2 Å². The first kappa shape index (κ1) is 22.6. The maximum absolute atomic E-state index is 12.8. The van der Waals surface area contributed by atoms with E-state index in [4.69, 9.17) is 0 Å². The first-order chi connectivity index (χ1) is 14.7. The lowest BCUT2D eigenvalue weighted by molar-refractivity contribution is -0.128. The lowest BCUT2D eigenvalue weighted by Gasteiger charge is -2.53. The van der Waals surface area contributed by atoms with Crippen molar-refractivity contribution in [3.63, 3.8) is 0 Å². The van der Waals surface area contributed by atoms with Crippen LogP contribution < -0.4 is 10.2 Å². The van der Waals surface area contributed by atoms with Crippen molar-refractivity contribution >= 4 is 21.6 Å². The summed E-state index contributed by atoms with van der Waals surface area (Å²) in [5, 5.41) is 3.34. The third kappa shape index (κ3) is 5.07. The summed E-state index contributed by atoms with van der Waals surface area (Å²) in [5.74, 6) is 2.83. The Kier molecular flexibility index (Phi) is 6.35. The van der Waals surface area contributed by atoms with E-state index >= 15 is 0 Å². The van der Waals surface area contributed by atoms with Crippen molar-refractivity contribution in [2.75, 3.05) is 24.2 Å². The van der Waals surface area contributed by atoms with Crippen molar-refractivity contribution in [1.82, 2.24) is 10.3 Å². The third-order valence-corrected chi connectivity index (χ3v) is 9.02. The smallest absolute Gasteiger partial charge is 0.223 e. The SMILES string of the molecule is CC(C)C1CCC(C(=O)NC2CC3(CCCN(c4ccc(S(C)(=O)=O)cn4)C3)C2)CC1. The zero-order chi connectivity index (χ0) is 22.2. The molecule has 1 saturated heterocycles. The Morgan fingerprint density at radius 1 is 1.19 bits per heavy atom. The van der Waals surface area contributed by atoms with Gasteiger partial charge in [0.2, 0.25) is 5.91 Å². The van der Waals surface area contributed by atoms with E-state index in [0.717, 1.165) is 62.8 Å². The van der Waals surface area contributed by atoms with Crippen LogP contribution in [0.15, 0.2) is 23.2 Å². The van der Waals surface area contributed by atoms with Gasteiger partial charge in [-0.2, -0.15) is 0 Å². The first-order valence-electron chi connectivity index (χ1n) is 11.9. The summed E-state index contributed by atoms with van der Waals surface area (Å²) in [5.41, 5.74) is 0.253. The van der Waals surface area contributed by atoms with Crippen molar-refractivity contribution in [1.29, 1.82) is 0 Å². The number of hydrogen-bond donors (Lipinski definition) is 1.